The molecular weight excluding hydrogens is 172 g/mol. The van der Waals surface area contributed by atoms with Crippen molar-refractivity contribution in [3.05, 3.63) is 11.6 Å². The molecule has 1 heteroatoms. The van der Waals surface area contributed by atoms with E-state index >= 15 is 0 Å². The second-order valence-corrected chi connectivity index (χ2v) is 5.44. The molecule has 1 fully saturated rings. The lowest BCUT2D eigenvalue weighted by molar-refractivity contribution is 0.0632. The Morgan fingerprint density at radius 2 is 2.14 bits per heavy atom. The molecule has 2 aliphatic rings. The highest BCUT2D eigenvalue weighted by Crippen LogP contribution is 2.48. The molecule has 0 spiro atoms. The lowest BCUT2D eigenvalue weighted by Crippen LogP contribution is -2.37. The molecule has 1 nitrogen and oxygen atoms in total. The number of methoxy groups -OCH3 is 1. The minimum absolute atomic E-state index is 0.424. The number of rotatable bonds is 1. The molecule has 2 unspecified atom stereocenters. The van der Waals surface area contributed by atoms with Gasteiger partial charge in [0.2, 0.25) is 0 Å². The summed E-state index contributed by atoms with van der Waals surface area (Å²) in [5.74, 6) is 0.787. The van der Waals surface area contributed by atoms with Crippen molar-refractivity contribution in [3.8, 4) is 0 Å². The van der Waals surface area contributed by atoms with Gasteiger partial charge >= 0.3 is 0 Å². The second-order valence-electron chi connectivity index (χ2n) is 5.44. The topological polar surface area (TPSA) is 9.23 Å². The molecule has 0 aromatic rings. The Labute approximate surface area is 87.5 Å². The molecule has 1 saturated carbocycles. The number of allylic oxidation sites excluding steroid dienone is 1. The number of fused-ring (bicyclic) bond motifs is 1. The van der Waals surface area contributed by atoms with E-state index in [1.807, 2.05) is 7.11 Å². The Hall–Kier alpha value is -0.300. The Morgan fingerprint density at radius 3 is 2.86 bits per heavy atom. The first-order valence-electron chi connectivity index (χ1n) is 5.88. The van der Waals surface area contributed by atoms with Crippen LogP contribution >= 0.6 is 0 Å². The first kappa shape index (κ1) is 10.2. The van der Waals surface area contributed by atoms with Gasteiger partial charge in [0, 0.05) is 7.11 Å². The quantitative estimate of drug-likeness (QED) is 0.580. The largest absolute Gasteiger partial charge is 0.377 e. The fourth-order valence-corrected chi connectivity index (χ4v) is 3.22. The first-order valence-corrected chi connectivity index (χ1v) is 5.88. The van der Waals surface area contributed by atoms with E-state index in [1.54, 1.807) is 5.57 Å². The van der Waals surface area contributed by atoms with Crippen LogP contribution < -0.4 is 0 Å². The zero-order chi connectivity index (χ0) is 10.2. The zero-order valence-electron chi connectivity index (χ0n) is 9.68. The summed E-state index contributed by atoms with van der Waals surface area (Å²) in [6, 6.07) is 0. The molecule has 2 atom stereocenters. The van der Waals surface area contributed by atoms with Crippen LogP contribution in [0, 0.1) is 11.3 Å². The Balaban J connectivity index is 2.24. The van der Waals surface area contributed by atoms with Crippen LogP contribution in [-0.4, -0.2) is 13.2 Å². The van der Waals surface area contributed by atoms with Gasteiger partial charge in [-0.3, -0.25) is 0 Å². The first-order chi connectivity index (χ1) is 6.65. The van der Waals surface area contributed by atoms with Crippen LogP contribution in [0.15, 0.2) is 11.6 Å². The van der Waals surface area contributed by atoms with E-state index in [1.165, 1.54) is 32.1 Å². The van der Waals surface area contributed by atoms with Gasteiger partial charge in [-0.15, -0.1) is 0 Å². The normalized spacial score (nSPS) is 36.1. The van der Waals surface area contributed by atoms with Gasteiger partial charge in [0.25, 0.3) is 0 Å². The van der Waals surface area contributed by atoms with Crippen LogP contribution in [0.3, 0.4) is 0 Å². The lowest BCUT2D eigenvalue weighted by Gasteiger charge is -2.44. The van der Waals surface area contributed by atoms with Crippen molar-refractivity contribution in [2.45, 2.75) is 52.1 Å². The summed E-state index contributed by atoms with van der Waals surface area (Å²) >= 11 is 0. The summed E-state index contributed by atoms with van der Waals surface area (Å²) in [5, 5.41) is 0. The van der Waals surface area contributed by atoms with Crippen molar-refractivity contribution in [1.29, 1.82) is 0 Å². The summed E-state index contributed by atoms with van der Waals surface area (Å²) in [6.45, 7) is 4.84. The molecule has 0 aliphatic heterocycles. The molecule has 0 saturated heterocycles. The third-order valence-corrected chi connectivity index (χ3v) is 4.13. The van der Waals surface area contributed by atoms with Crippen molar-refractivity contribution < 1.29 is 4.74 Å². The average molecular weight is 194 g/mol. The predicted molar refractivity (Wildman–Crippen MR) is 59.2 cm³/mol. The highest BCUT2D eigenvalue weighted by molar-refractivity contribution is 5.21. The standard InChI is InChI=1S/C13H22O/c1-13(2)9-5-6-10-11(13)7-4-8-12(10)14-3/h6,11-12H,4-5,7-9H2,1-3H3. The lowest BCUT2D eigenvalue weighted by atomic mass is 9.63. The number of ether oxygens (including phenoxy) is 1. The van der Waals surface area contributed by atoms with Gasteiger partial charge in [-0.05, 0) is 49.0 Å². The van der Waals surface area contributed by atoms with Crippen LogP contribution in [0.5, 0.6) is 0 Å². The number of hydrogen-bond acceptors (Lipinski definition) is 1. The van der Waals surface area contributed by atoms with Gasteiger partial charge in [0.1, 0.15) is 0 Å². The highest BCUT2D eigenvalue weighted by atomic mass is 16.5. The Bertz CT molecular complexity index is 240. The third-order valence-electron chi connectivity index (χ3n) is 4.13. The molecule has 2 aliphatic carbocycles. The minimum atomic E-state index is 0.424. The van der Waals surface area contributed by atoms with Crippen molar-refractivity contribution in [3.63, 3.8) is 0 Å². The van der Waals surface area contributed by atoms with Crippen LogP contribution in [0.25, 0.3) is 0 Å². The minimum Gasteiger partial charge on any atom is -0.377 e. The summed E-state index contributed by atoms with van der Waals surface area (Å²) in [4.78, 5) is 0. The molecule has 0 bridgehead atoms. The third kappa shape index (κ3) is 1.63. The van der Waals surface area contributed by atoms with Crippen molar-refractivity contribution >= 4 is 0 Å². The molecule has 0 N–H and O–H groups in total. The summed E-state index contributed by atoms with van der Waals surface area (Å²) in [6.07, 6.45) is 9.41. The maximum Gasteiger partial charge on any atom is 0.0784 e. The molecule has 2 rings (SSSR count). The van der Waals surface area contributed by atoms with E-state index in [0.29, 0.717) is 11.5 Å². The molecule has 14 heavy (non-hydrogen) atoms. The van der Waals surface area contributed by atoms with Crippen molar-refractivity contribution in [1.82, 2.24) is 0 Å². The van der Waals surface area contributed by atoms with E-state index in [4.69, 9.17) is 4.74 Å². The van der Waals surface area contributed by atoms with Gasteiger partial charge in [0.05, 0.1) is 6.10 Å². The maximum atomic E-state index is 5.59. The van der Waals surface area contributed by atoms with E-state index in [-0.39, 0.29) is 0 Å². The molecule has 0 heterocycles. The summed E-state index contributed by atoms with van der Waals surface area (Å²) in [7, 11) is 1.86. The smallest absolute Gasteiger partial charge is 0.0784 e. The Kier molecular flexibility index (Phi) is 2.70. The van der Waals surface area contributed by atoms with Crippen LogP contribution in [0.4, 0.5) is 0 Å². The summed E-state index contributed by atoms with van der Waals surface area (Å²) < 4.78 is 5.59. The molecule has 0 aromatic heterocycles. The van der Waals surface area contributed by atoms with Gasteiger partial charge in [-0.25, -0.2) is 0 Å². The average Bonchev–Trinajstić information content (AvgIpc) is 2.17. The molecule has 0 aromatic carbocycles. The summed E-state index contributed by atoms with van der Waals surface area (Å²) in [5.41, 5.74) is 2.11. The Morgan fingerprint density at radius 1 is 1.36 bits per heavy atom. The fourth-order valence-electron chi connectivity index (χ4n) is 3.22. The van der Waals surface area contributed by atoms with E-state index in [9.17, 15) is 0 Å². The highest BCUT2D eigenvalue weighted by Gasteiger charge is 2.39. The molecule has 80 valence electrons. The van der Waals surface area contributed by atoms with E-state index in [2.05, 4.69) is 19.9 Å². The van der Waals surface area contributed by atoms with Gasteiger partial charge < -0.3 is 4.74 Å². The van der Waals surface area contributed by atoms with Crippen LogP contribution in [0.1, 0.15) is 46.0 Å². The maximum absolute atomic E-state index is 5.59. The van der Waals surface area contributed by atoms with Gasteiger partial charge in [0.15, 0.2) is 0 Å². The molecule has 0 radical (unpaired) electrons. The van der Waals surface area contributed by atoms with Gasteiger partial charge in [-0.2, -0.15) is 0 Å². The van der Waals surface area contributed by atoms with Crippen LogP contribution in [-0.2, 0) is 4.74 Å². The van der Waals surface area contributed by atoms with E-state index < -0.39 is 0 Å². The fraction of sp³-hybridized carbons (Fsp3) is 0.846. The van der Waals surface area contributed by atoms with E-state index in [0.717, 1.165) is 5.92 Å². The molecular formula is C13H22O. The van der Waals surface area contributed by atoms with Crippen LogP contribution in [0.2, 0.25) is 0 Å². The predicted octanol–water partition coefficient (Wildman–Crippen LogP) is 3.55. The monoisotopic (exact) mass is 194 g/mol. The molecule has 0 amide bonds. The van der Waals surface area contributed by atoms with Crippen molar-refractivity contribution in [2.24, 2.45) is 11.3 Å². The zero-order valence-corrected chi connectivity index (χ0v) is 9.68. The van der Waals surface area contributed by atoms with Crippen molar-refractivity contribution in [2.75, 3.05) is 7.11 Å². The number of hydrogen-bond donors (Lipinski definition) is 0. The van der Waals surface area contributed by atoms with Gasteiger partial charge in [-0.1, -0.05) is 19.9 Å². The second kappa shape index (κ2) is 3.69. The SMILES string of the molecule is COC1CCCC2C1=CCCC2(C)C.